The molecule has 24 heavy (non-hydrogen) atoms. The lowest BCUT2D eigenvalue weighted by atomic mass is 10.0. The van der Waals surface area contributed by atoms with E-state index in [0.717, 1.165) is 5.56 Å². The molecule has 0 heterocycles. The number of benzene rings is 2. The normalized spacial score (nSPS) is 10.0. The van der Waals surface area contributed by atoms with E-state index in [1.807, 2.05) is 30.3 Å². The van der Waals surface area contributed by atoms with Gasteiger partial charge in [-0.15, -0.1) is 0 Å². The van der Waals surface area contributed by atoms with Crippen LogP contribution in [0.15, 0.2) is 48.5 Å². The zero-order valence-electron chi connectivity index (χ0n) is 13.1. The monoisotopic (exact) mass is 327 g/mol. The third-order valence-corrected chi connectivity index (χ3v) is 3.38. The molecule has 2 N–H and O–H groups in total. The van der Waals surface area contributed by atoms with Gasteiger partial charge in [0.05, 0.1) is 12.1 Å². The molecule has 0 aliphatic heterocycles. The van der Waals surface area contributed by atoms with Crippen molar-refractivity contribution in [2.75, 3.05) is 6.54 Å². The van der Waals surface area contributed by atoms with Gasteiger partial charge in [-0.3, -0.25) is 4.79 Å². The summed E-state index contributed by atoms with van der Waals surface area (Å²) in [7, 11) is 0. The Labute approximate surface area is 139 Å². The van der Waals surface area contributed by atoms with Gasteiger partial charge in [-0.1, -0.05) is 36.4 Å². The first-order valence-corrected chi connectivity index (χ1v) is 7.29. The van der Waals surface area contributed by atoms with Gasteiger partial charge in [0.15, 0.2) is 5.78 Å². The average Bonchev–Trinajstić information content (AvgIpc) is 2.58. The number of hydrogen-bond acceptors (Lipinski definition) is 4. The van der Waals surface area contributed by atoms with Crippen molar-refractivity contribution in [2.45, 2.75) is 13.5 Å². The topological polar surface area (TPSA) is 92.7 Å². The number of carboxylic acid groups (broad SMARTS) is 1. The van der Waals surface area contributed by atoms with E-state index in [0.29, 0.717) is 11.1 Å². The lowest BCUT2D eigenvalue weighted by Crippen LogP contribution is -2.30. The number of carboxylic acids is 1. The number of amides is 1. The van der Waals surface area contributed by atoms with Gasteiger partial charge in [0.2, 0.25) is 0 Å². The summed E-state index contributed by atoms with van der Waals surface area (Å²) in [6.45, 7) is 1.51. The number of carbonyl (C=O) groups is 3. The SMILES string of the molecule is Cc1cc(C(=O)CNC(=O)OCc2ccccc2)ccc1C(=O)O. The van der Waals surface area contributed by atoms with E-state index in [1.54, 1.807) is 6.92 Å². The van der Waals surface area contributed by atoms with Gasteiger partial charge in [-0.25, -0.2) is 9.59 Å². The Bertz CT molecular complexity index is 755. The molecule has 1 amide bonds. The van der Waals surface area contributed by atoms with Gasteiger partial charge < -0.3 is 15.2 Å². The van der Waals surface area contributed by atoms with Crippen LogP contribution in [0.2, 0.25) is 0 Å². The summed E-state index contributed by atoms with van der Waals surface area (Å²) in [5, 5.41) is 11.3. The van der Waals surface area contributed by atoms with Crippen molar-refractivity contribution in [3.8, 4) is 0 Å². The van der Waals surface area contributed by atoms with Gasteiger partial charge in [0.1, 0.15) is 6.61 Å². The molecule has 2 rings (SSSR count). The van der Waals surface area contributed by atoms with E-state index >= 15 is 0 Å². The highest BCUT2D eigenvalue weighted by Gasteiger charge is 2.12. The maximum absolute atomic E-state index is 12.0. The highest BCUT2D eigenvalue weighted by molar-refractivity contribution is 6.00. The van der Waals surface area contributed by atoms with Gasteiger partial charge in [-0.2, -0.15) is 0 Å². The standard InChI is InChI=1S/C18H17NO5/c1-12-9-14(7-8-15(12)17(21)22)16(20)10-19-18(23)24-11-13-5-3-2-4-6-13/h2-9H,10-11H2,1H3,(H,19,23)(H,21,22). The predicted molar refractivity (Wildman–Crippen MR) is 87.1 cm³/mol. The number of ether oxygens (including phenoxy) is 1. The first kappa shape index (κ1) is 17.2. The molecule has 2 aromatic carbocycles. The minimum Gasteiger partial charge on any atom is -0.478 e. The number of nitrogens with one attached hydrogen (secondary N) is 1. The van der Waals surface area contributed by atoms with E-state index in [9.17, 15) is 14.4 Å². The Balaban J connectivity index is 1.85. The number of Topliss-reactive ketones (excluding diaryl/α,β-unsaturated/α-hetero) is 1. The van der Waals surface area contributed by atoms with Crippen molar-refractivity contribution < 1.29 is 24.2 Å². The molecule has 0 fully saturated rings. The molecule has 0 unspecified atom stereocenters. The van der Waals surface area contributed by atoms with Crippen LogP contribution in [-0.2, 0) is 11.3 Å². The summed E-state index contributed by atoms with van der Waals surface area (Å²) in [5.74, 6) is -1.37. The highest BCUT2D eigenvalue weighted by atomic mass is 16.5. The fourth-order valence-corrected chi connectivity index (χ4v) is 2.11. The van der Waals surface area contributed by atoms with E-state index in [4.69, 9.17) is 9.84 Å². The first-order chi connectivity index (χ1) is 11.5. The van der Waals surface area contributed by atoms with Crippen molar-refractivity contribution in [1.29, 1.82) is 0 Å². The Morgan fingerprint density at radius 3 is 2.42 bits per heavy atom. The number of aromatic carboxylic acids is 1. The Morgan fingerprint density at radius 1 is 1.08 bits per heavy atom. The predicted octanol–water partition coefficient (Wildman–Crippen LogP) is 2.80. The number of alkyl carbamates (subject to hydrolysis) is 1. The molecule has 0 spiro atoms. The van der Waals surface area contributed by atoms with E-state index in [2.05, 4.69) is 5.32 Å². The Morgan fingerprint density at radius 2 is 1.79 bits per heavy atom. The maximum Gasteiger partial charge on any atom is 0.407 e. The van der Waals surface area contributed by atoms with Crippen LogP contribution >= 0.6 is 0 Å². The third-order valence-electron chi connectivity index (χ3n) is 3.38. The third kappa shape index (κ3) is 4.67. The zero-order valence-corrected chi connectivity index (χ0v) is 13.1. The molecule has 6 nitrogen and oxygen atoms in total. The molecule has 0 aliphatic rings. The fourth-order valence-electron chi connectivity index (χ4n) is 2.11. The van der Waals surface area contributed by atoms with Crippen LogP contribution in [-0.4, -0.2) is 29.5 Å². The highest BCUT2D eigenvalue weighted by Crippen LogP contribution is 2.11. The van der Waals surface area contributed by atoms with Crippen LogP contribution in [0.3, 0.4) is 0 Å². The summed E-state index contributed by atoms with van der Waals surface area (Å²) < 4.78 is 5.01. The Hall–Kier alpha value is -3.15. The van der Waals surface area contributed by atoms with Crippen molar-refractivity contribution in [3.05, 3.63) is 70.8 Å². The van der Waals surface area contributed by atoms with Crippen molar-refractivity contribution in [1.82, 2.24) is 5.32 Å². The summed E-state index contributed by atoms with van der Waals surface area (Å²) in [4.78, 5) is 34.6. The molecule has 0 aliphatic carbocycles. The molecule has 0 bridgehead atoms. The molecular formula is C18H17NO5. The summed E-state index contributed by atoms with van der Waals surface area (Å²) in [6, 6.07) is 13.5. The molecule has 0 radical (unpaired) electrons. The summed E-state index contributed by atoms with van der Waals surface area (Å²) in [5.41, 5.74) is 1.81. The lowest BCUT2D eigenvalue weighted by molar-refractivity contribution is 0.0695. The van der Waals surface area contributed by atoms with Gasteiger partial charge >= 0.3 is 12.1 Å². The van der Waals surface area contributed by atoms with Crippen molar-refractivity contribution in [2.24, 2.45) is 0 Å². The molecule has 0 aromatic heterocycles. The quantitative estimate of drug-likeness (QED) is 0.796. The molecule has 0 atom stereocenters. The first-order valence-electron chi connectivity index (χ1n) is 7.29. The molecule has 0 saturated heterocycles. The van der Waals surface area contributed by atoms with Crippen LogP contribution in [0.25, 0.3) is 0 Å². The minimum atomic E-state index is -1.05. The number of ketones is 1. The zero-order chi connectivity index (χ0) is 17.5. The van der Waals surface area contributed by atoms with Crippen molar-refractivity contribution in [3.63, 3.8) is 0 Å². The summed E-state index contributed by atoms with van der Waals surface area (Å²) >= 11 is 0. The number of carbonyl (C=O) groups excluding carboxylic acids is 2. The van der Waals surface area contributed by atoms with Gasteiger partial charge in [-0.05, 0) is 30.2 Å². The van der Waals surface area contributed by atoms with Crippen LogP contribution in [0.4, 0.5) is 4.79 Å². The molecule has 124 valence electrons. The molecule has 2 aromatic rings. The molecule has 6 heteroatoms. The number of aryl methyl sites for hydroxylation is 1. The lowest BCUT2D eigenvalue weighted by Gasteiger charge is -2.08. The largest absolute Gasteiger partial charge is 0.478 e. The maximum atomic E-state index is 12.0. The van der Waals surface area contributed by atoms with E-state index in [1.165, 1.54) is 18.2 Å². The van der Waals surface area contributed by atoms with Crippen LogP contribution in [0, 0.1) is 6.92 Å². The van der Waals surface area contributed by atoms with Gasteiger partial charge in [0.25, 0.3) is 0 Å². The molecular weight excluding hydrogens is 310 g/mol. The van der Waals surface area contributed by atoms with E-state index < -0.39 is 12.1 Å². The molecule has 0 saturated carbocycles. The fraction of sp³-hybridized carbons (Fsp3) is 0.167. The number of hydrogen-bond donors (Lipinski definition) is 2. The summed E-state index contributed by atoms with van der Waals surface area (Å²) in [6.07, 6.45) is -0.689. The minimum absolute atomic E-state index is 0.118. The van der Waals surface area contributed by atoms with Crippen LogP contribution < -0.4 is 5.32 Å². The van der Waals surface area contributed by atoms with Crippen LogP contribution in [0.1, 0.15) is 31.8 Å². The second kappa shape index (κ2) is 7.92. The average molecular weight is 327 g/mol. The smallest absolute Gasteiger partial charge is 0.407 e. The van der Waals surface area contributed by atoms with E-state index in [-0.39, 0.29) is 24.5 Å². The van der Waals surface area contributed by atoms with Crippen molar-refractivity contribution >= 4 is 17.8 Å². The number of rotatable bonds is 6. The Kier molecular flexibility index (Phi) is 5.68. The second-order valence-electron chi connectivity index (χ2n) is 5.17. The van der Waals surface area contributed by atoms with Crippen LogP contribution in [0.5, 0.6) is 0 Å². The second-order valence-corrected chi connectivity index (χ2v) is 5.17. The van der Waals surface area contributed by atoms with Gasteiger partial charge in [0, 0.05) is 5.56 Å².